The largest absolute Gasteiger partial charge is 0.496 e. The number of carbonyl (C=O) groups is 1. The van der Waals surface area contributed by atoms with E-state index in [0.29, 0.717) is 16.3 Å². The van der Waals surface area contributed by atoms with Crippen molar-refractivity contribution >= 4 is 29.1 Å². The van der Waals surface area contributed by atoms with Gasteiger partial charge >= 0.3 is 0 Å². The number of carbonyl (C=O) groups excluding carboxylic acids is 1. The molecular weight excluding hydrogens is 370 g/mol. The van der Waals surface area contributed by atoms with E-state index in [1.807, 2.05) is 18.6 Å². The molecule has 0 N–H and O–H groups in total. The fraction of sp³-hybridized carbons (Fsp3) is 0.421. The van der Waals surface area contributed by atoms with Gasteiger partial charge in [0.1, 0.15) is 5.75 Å². The predicted molar refractivity (Wildman–Crippen MR) is 104 cm³/mol. The van der Waals surface area contributed by atoms with Crippen molar-refractivity contribution < 1.29 is 9.53 Å². The van der Waals surface area contributed by atoms with Gasteiger partial charge in [-0.15, -0.1) is 0 Å². The molecule has 1 aliphatic rings. The van der Waals surface area contributed by atoms with Crippen molar-refractivity contribution in [3.63, 3.8) is 0 Å². The smallest absolute Gasteiger partial charge is 0.187 e. The Morgan fingerprint density at radius 3 is 2.85 bits per heavy atom. The Hall–Kier alpha value is -1.63. The number of benzene rings is 1. The molecule has 0 radical (unpaired) electrons. The fourth-order valence-electron chi connectivity index (χ4n) is 3.29. The average molecular weight is 392 g/mol. The molecule has 138 valence electrons. The van der Waals surface area contributed by atoms with Gasteiger partial charge in [0.05, 0.1) is 12.7 Å². The molecule has 1 aromatic carbocycles. The van der Waals surface area contributed by atoms with E-state index >= 15 is 0 Å². The number of ketones is 1. The molecule has 2 aromatic rings. The first kappa shape index (κ1) is 19.1. The topological polar surface area (TPSA) is 55.3 Å². The maximum Gasteiger partial charge on any atom is 0.187 e. The van der Waals surface area contributed by atoms with Crippen LogP contribution in [0.2, 0.25) is 5.02 Å². The molecule has 0 amide bonds. The summed E-state index contributed by atoms with van der Waals surface area (Å²) in [5, 5.41) is 1.32. The Bertz CT molecular complexity index is 770. The van der Waals surface area contributed by atoms with Crippen LogP contribution in [0.15, 0.2) is 35.7 Å². The lowest BCUT2D eigenvalue weighted by Gasteiger charge is -2.32. The highest BCUT2D eigenvalue weighted by Crippen LogP contribution is 2.29. The van der Waals surface area contributed by atoms with Crippen molar-refractivity contribution in [1.29, 1.82) is 0 Å². The molecule has 3 rings (SSSR count). The zero-order valence-electron chi connectivity index (χ0n) is 14.9. The molecule has 0 bridgehead atoms. The number of aromatic nitrogens is 2. The number of rotatable bonds is 6. The quantitative estimate of drug-likeness (QED) is 0.422. The van der Waals surface area contributed by atoms with Crippen LogP contribution in [-0.4, -0.2) is 47.1 Å². The maximum atomic E-state index is 13.0. The van der Waals surface area contributed by atoms with Gasteiger partial charge < -0.3 is 4.74 Å². The molecular formula is C19H22ClN3O2S. The summed E-state index contributed by atoms with van der Waals surface area (Å²) in [6.45, 7) is 2.45. The summed E-state index contributed by atoms with van der Waals surface area (Å²) in [6.07, 6.45) is 7.56. The third-order valence-electron chi connectivity index (χ3n) is 4.57. The normalized spacial score (nSPS) is 17.9. The first-order chi connectivity index (χ1) is 12.6. The fourth-order valence-corrected chi connectivity index (χ4v) is 3.78. The highest BCUT2D eigenvalue weighted by molar-refractivity contribution is 7.98. The van der Waals surface area contributed by atoms with Crippen LogP contribution in [0, 0.1) is 5.92 Å². The Morgan fingerprint density at radius 2 is 2.15 bits per heavy atom. The van der Waals surface area contributed by atoms with Gasteiger partial charge in [-0.2, -0.15) is 0 Å². The van der Waals surface area contributed by atoms with Crippen molar-refractivity contribution in [2.75, 3.05) is 26.5 Å². The number of hydrogen-bond donors (Lipinski definition) is 0. The molecule has 1 fully saturated rings. The summed E-state index contributed by atoms with van der Waals surface area (Å²) in [6, 6.07) is 5.19. The van der Waals surface area contributed by atoms with Crippen LogP contribution >= 0.6 is 23.4 Å². The van der Waals surface area contributed by atoms with E-state index in [1.54, 1.807) is 25.3 Å². The Labute approximate surface area is 163 Å². The minimum absolute atomic E-state index is 0.0532. The summed E-state index contributed by atoms with van der Waals surface area (Å²) in [7, 11) is 1.57. The minimum Gasteiger partial charge on any atom is -0.496 e. The molecule has 1 aliphatic heterocycles. The SMILES string of the molecule is COc1ccc(Cl)cc1C(=O)[C@@H]1CCCN(Cc2cnc(SC)nc2)C1. The van der Waals surface area contributed by atoms with E-state index in [0.717, 1.165) is 43.2 Å². The summed E-state index contributed by atoms with van der Waals surface area (Å²) in [5.41, 5.74) is 1.63. The number of nitrogens with zero attached hydrogens (tertiary/aromatic N) is 3. The molecule has 0 aliphatic carbocycles. The van der Waals surface area contributed by atoms with Crippen LogP contribution in [0.5, 0.6) is 5.75 Å². The van der Waals surface area contributed by atoms with Gasteiger partial charge in [-0.05, 0) is 43.8 Å². The van der Waals surface area contributed by atoms with Crippen molar-refractivity contribution in [3.8, 4) is 5.75 Å². The van der Waals surface area contributed by atoms with Crippen molar-refractivity contribution in [2.45, 2.75) is 24.5 Å². The second kappa shape index (κ2) is 8.84. The lowest BCUT2D eigenvalue weighted by Crippen LogP contribution is -2.38. The number of piperidine rings is 1. The highest BCUT2D eigenvalue weighted by Gasteiger charge is 2.28. The van der Waals surface area contributed by atoms with E-state index in [9.17, 15) is 4.79 Å². The molecule has 5 nitrogen and oxygen atoms in total. The number of halogens is 1. The number of methoxy groups -OCH3 is 1. The Kier molecular flexibility index (Phi) is 6.51. The highest BCUT2D eigenvalue weighted by atomic mass is 35.5. The maximum absolute atomic E-state index is 13.0. The number of hydrogen-bond acceptors (Lipinski definition) is 6. The number of thioether (sulfide) groups is 1. The van der Waals surface area contributed by atoms with Crippen molar-refractivity contribution in [3.05, 3.63) is 46.7 Å². The van der Waals surface area contributed by atoms with Crippen LogP contribution < -0.4 is 4.74 Å². The summed E-state index contributed by atoms with van der Waals surface area (Å²) >= 11 is 7.61. The molecule has 7 heteroatoms. The zero-order chi connectivity index (χ0) is 18.5. The summed E-state index contributed by atoms with van der Waals surface area (Å²) in [5.74, 6) is 0.628. The second-order valence-corrected chi connectivity index (χ2v) is 7.57. The van der Waals surface area contributed by atoms with Crippen LogP contribution in [0.25, 0.3) is 0 Å². The third kappa shape index (κ3) is 4.55. The first-order valence-electron chi connectivity index (χ1n) is 8.55. The Morgan fingerprint density at radius 1 is 1.38 bits per heavy atom. The first-order valence-corrected chi connectivity index (χ1v) is 10.2. The lowest BCUT2D eigenvalue weighted by atomic mass is 9.89. The van der Waals surface area contributed by atoms with Crippen LogP contribution in [0.4, 0.5) is 0 Å². The monoisotopic (exact) mass is 391 g/mol. The molecule has 1 aromatic heterocycles. The molecule has 26 heavy (non-hydrogen) atoms. The lowest BCUT2D eigenvalue weighted by molar-refractivity contribution is 0.0808. The van der Waals surface area contributed by atoms with E-state index in [4.69, 9.17) is 16.3 Å². The Balaban J connectivity index is 1.69. The van der Waals surface area contributed by atoms with Gasteiger partial charge in [0.15, 0.2) is 10.9 Å². The average Bonchev–Trinajstić information content (AvgIpc) is 2.68. The zero-order valence-corrected chi connectivity index (χ0v) is 16.5. The standard InChI is InChI=1S/C19H22ClN3O2S/c1-25-17-6-5-15(20)8-16(17)18(24)14-4-3-7-23(12-14)11-13-9-21-19(26-2)22-10-13/h5-6,8-10,14H,3-4,7,11-12H2,1-2H3/t14-/m1/s1. The van der Waals surface area contributed by atoms with Gasteiger partial charge in [-0.3, -0.25) is 9.69 Å². The van der Waals surface area contributed by atoms with Crippen molar-refractivity contribution in [2.24, 2.45) is 5.92 Å². The molecule has 0 saturated carbocycles. The van der Waals surface area contributed by atoms with E-state index in [-0.39, 0.29) is 11.7 Å². The van der Waals surface area contributed by atoms with Crippen LogP contribution in [0.3, 0.4) is 0 Å². The van der Waals surface area contributed by atoms with Crippen molar-refractivity contribution in [1.82, 2.24) is 14.9 Å². The van der Waals surface area contributed by atoms with Crippen LogP contribution in [-0.2, 0) is 6.54 Å². The van der Waals surface area contributed by atoms with E-state index in [2.05, 4.69) is 14.9 Å². The predicted octanol–water partition coefficient (Wildman–Crippen LogP) is 3.96. The minimum atomic E-state index is -0.0532. The number of Topliss-reactive ketones (excluding diaryl/α,β-unsaturated/α-hetero) is 1. The van der Waals surface area contributed by atoms with E-state index in [1.165, 1.54) is 11.8 Å². The van der Waals surface area contributed by atoms with E-state index < -0.39 is 0 Å². The molecule has 0 spiro atoms. The molecule has 1 atom stereocenters. The third-order valence-corrected chi connectivity index (χ3v) is 5.38. The van der Waals surface area contributed by atoms with Crippen LogP contribution in [0.1, 0.15) is 28.8 Å². The molecule has 1 saturated heterocycles. The van der Waals surface area contributed by atoms with Gasteiger partial charge in [0, 0.05) is 42.0 Å². The second-order valence-electron chi connectivity index (χ2n) is 6.36. The number of ether oxygens (including phenoxy) is 1. The van der Waals surface area contributed by atoms with Gasteiger partial charge in [0.2, 0.25) is 0 Å². The number of likely N-dealkylation sites (tertiary alicyclic amines) is 1. The summed E-state index contributed by atoms with van der Waals surface area (Å²) in [4.78, 5) is 24.0. The summed E-state index contributed by atoms with van der Waals surface area (Å²) < 4.78 is 5.34. The molecule has 0 unspecified atom stereocenters. The van der Waals surface area contributed by atoms with Gasteiger partial charge in [-0.25, -0.2) is 9.97 Å². The van der Waals surface area contributed by atoms with Gasteiger partial charge in [-0.1, -0.05) is 23.4 Å². The molecule has 2 heterocycles. The van der Waals surface area contributed by atoms with Gasteiger partial charge in [0.25, 0.3) is 0 Å².